The van der Waals surface area contributed by atoms with Crippen LogP contribution in [0.4, 0.5) is 4.79 Å². The average molecular weight is 270 g/mol. The molecule has 0 radical (unpaired) electrons. The van der Waals surface area contributed by atoms with Gasteiger partial charge in [0, 0.05) is 6.04 Å². The Hall–Kier alpha value is -1.26. The van der Waals surface area contributed by atoms with Gasteiger partial charge in [-0.15, -0.1) is 0 Å². The molecule has 0 aromatic carbocycles. The van der Waals surface area contributed by atoms with Crippen LogP contribution in [-0.2, 0) is 4.79 Å². The van der Waals surface area contributed by atoms with Gasteiger partial charge in [0.1, 0.15) is 6.04 Å². The summed E-state index contributed by atoms with van der Waals surface area (Å²) in [6, 6.07) is -1.04. The van der Waals surface area contributed by atoms with Crippen LogP contribution in [0.25, 0.3) is 0 Å². The average Bonchev–Trinajstić information content (AvgIpc) is 2.30. The van der Waals surface area contributed by atoms with Crippen molar-refractivity contribution in [1.82, 2.24) is 10.6 Å². The number of carbonyl (C=O) groups is 2. The summed E-state index contributed by atoms with van der Waals surface area (Å²) in [6.07, 6.45) is 3.05. The molecule has 1 aliphatic carbocycles. The summed E-state index contributed by atoms with van der Waals surface area (Å²) < 4.78 is 0. The fraction of sp³-hybridized carbons (Fsp3) is 0.857. The van der Waals surface area contributed by atoms with Gasteiger partial charge in [0.05, 0.1) is 0 Å². The van der Waals surface area contributed by atoms with E-state index in [9.17, 15) is 9.59 Å². The Labute approximate surface area is 115 Å². The summed E-state index contributed by atoms with van der Waals surface area (Å²) in [5, 5.41) is 14.5. The van der Waals surface area contributed by atoms with Gasteiger partial charge in [0.25, 0.3) is 0 Å². The predicted molar refractivity (Wildman–Crippen MR) is 73.9 cm³/mol. The quantitative estimate of drug-likeness (QED) is 0.733. The van der Waals surface area contributed by atoms with Gasteiger partial charge in [-0.25, -0.2) is 9.59 Å². The highest BCUT2D eigenvalue weighted by molar-refractivity contribution is 5.82. The van der Waals surface area contributed by atoms with Gasteiger partial charge in [0.15, 0.2) is 0 Å². The number of rotatable bonds is 4. The molecule has 110 valence electrons. The number of carboxylic acid groups (broad SMARTS) is 1. The van der Waals surface area contributed by atoms with Crippen molar-refractivity contribution >= 4 is 12.0 Å². The van der Waals surface area contributed by atoms with Crippen LogP contribution in [0.15, 0.2) is 0 Å². The summed E-state index contributed by atoms with van der Waals surface area (Å²) in [7, 11) is 0. The smallest absolute Gasteiger partial charge is 0.326 e. The third-order valence-electron chi connectivity index (χ3n) is 4.15. The molecule has 1 rings (SSSR count). The van der Waals surface area contributed by atoms with Crippen LogP contribution in [0.1, 0.15) is 47.0 Å². The molecular weight excluding hydrogens is 244 g/mol. The van der Waals surface area contributed by atoms with Gasteiger partial charge in [-0.1, -0.05) is 27.7 Å². The molecule has 4 atom stereocenters. The summed E-state index contributed by atoms with van der Waals surface area (Å²) in [6.45, 7) is 8.00. The predicted octanol–water partition coefficient (Wildman–Crippen LogP) is 2.22. The molecule has 0 bridgehead atoms. The largest absolute Gasteiger partial charge is 0.480 e. The van der Waals surface area contributed by atoms with Crippen LogP contribution in [0.3, 0.4) is 0 Å². The SMILES string of the molecule is CC1CCC(NC(=O)N[C@@H](C(=O)O)C(C)C)CC1C. The molecule has 1 aliphatic rings. The van der Waals surface area contributed by atoms with Crippen molar-refractivity contribution in [3.8, 4) is 0 Å². The maximum atomic E-state index is 11.8. The van der Waals surface area contributed by atoms with Crippen LogP contribution in [0.2, 0.25) is 0 Å². The van der Waals surface area contributed by atoms with Crippen LogP contribution in [-0.4, -0.2) is 29.2 Å². The molecule has 5 nitrogen and oxygen atoms in total. The summed E-state index contributed by atoms with van der Waals surface area (Å²) in [5.74, 6) is 0.173. The molecule has 3 unspecified atom stereocenters. The first kappa shape index (κ1) is 15.8. The maximum absolute atomic E-state index is 11.8. The molecule has 0 saturated heterocycles. The molecule has 0 aliphatic heterocycles. The minimum Gasteiger partial charge on any atom is -0.480 e. The first-order valence-corrected chi connectivity index (χ1v) is 7.11. The number of amides is 2. The first-order valence-electron chi connectivity index (χ1n) is 7.11. The number of hydrogen-bond donors (Lipinski definition) is 3. The number of carboxylic acids is 1. The molecule has 19 heavy (non-hydrogen) atoms. The zero-order chi connectivity index (χ0) is 14.6. The van der Waals surface area contributed by atoms with Gasteiger partial charge >= 0.3 is 12.0 Å². The highest BCUT2D eigenvalue weighted by Crippen LogP contribution is 2.29. The van der Waals surface area contributed by atoms with E-state index >= 15 is 0 Å². The third kappa shape index (κ3) is 4.73. The van der Waals surface area contributed by atoms with Crippen molar-refractivity contribution in [3.05, 3.63) is 0 Å². The van der Waals surface area contributed by atoms with Gasteiger partial charge in [0.2, 0.25) is 0 Å². The van der Waals surface area contributed by atoms with Crippen molar-refractivity contribution in [1.29, 1.82) is 0 Å². The van der Waals surface area contributed by atoms with Gasteiger partial charge in [-0.05, 0) is 37.0 Å². The number of aliphatic carboxylic acids is 1. The Morgan fingerprint density at radius 3 is 2.26 bits per heavy atom. The van der Waals surface area contributed by atoms with E-state index in [2.05, 4.69) is 24.5 Å². The second-order valence-corrected chi connectivity index (χ2v) is 6.14. The maximum Gasteiger partial charge on any atom is 0.326 e. The number of hydrogen-bond acceptors (Lipinski definition) is 2. The summed E-state index contributed by atoms with van der Waals surface area (Å²) >= 11 is 0. The molecule has 5 heteroatoms. The topological polar surface area (TPSA) is 78.4 Å². The van der Waals surface area contributed by atoms with E-state index in [1.165, 1.54) is 0 Å². The number of urea groups is 1. The van der Waals surface area contributed by atoms with E-state index in [4.69, 9.17) is 5.11 Å². The second-order valence-electron chi connectivity index (χ2n) is 6.14. The Morgan fingerprint density at radius 2 is 1.79 bits per heavy atom. The van der Waals surface area contributed by atoms with E-state index in [-0.39, 0.29) is 18.0 Å². The molecule has 2 amide bonds. The fourth-order valence-corrected chi connectivity index (χ4v) is 2.56. The zero-order valence-corrected chi connectivity index (χ0v) is 12.3. The van der Waals surface area contributed by atoms with E-state index in [1.807, 2.05) is 0 Å². The molecule has 1 saturated carbocycles. The standard InChI is InChI=1S/C14H26N2O3/c1-8(2)12(13(17)18)16-14(19)15-11-6-5-9(3)10(4)7-11/h8-12H,5-7H2,1-4H3,(H,17,18)(H2,15,16,19)/t9?,10?,11?,12-/m1/s1. The number of carbonyl (C=O) groups excluding carboxylic acids is 1. The monoisotopic (exact) mass is 270 g/mol. The molecule has 0 aromatic heterocycles. The lowest BCUT2D eigenvalue weighted by Gasteiger charge is -2.32. The molecule has 0 spiro atoms. The van der Waals surface area contributed by atoms with E-state index in [0.29, 0.717) is 11.8 Å². The van der Waals surface area contributed by atoms with E-state index < -0.39 is 12.0 Å². The van der Waals surface area contributed by atoms with Crippen LogP contribution < -0.4 is 10.6 Å². The van der Waals surface area contributed by atoms with Crippen molar-refractivity contribution in [2.45, 2.75) is 59.0 Å². The van der Waals surface area contributed by atoms with E-state index in [1.54, 1.807) is 13.8 Å². The minimum atomic E-state index is -0.990. The lowest BCUT2D eigenvalue weighted by molar-refractivity contribution is -0.140. The number of nitrogens with one attached hydrogen (secondary N) is 2. The van der Waals surface area contributed by atoms with Gasteiger partial charge in [-0.3, -0.25) is 0 Å². The Bertz CT molecular complexity index is 331. The Kier molecular flexibility index (Phi) is 5.63. The van der Waals surface area contributed by atoms with Crippen LogP contribution in [0, 0.1) is 17.8 Å². The molecule has 0 aromatic rings. The van der Waals surface area contributed by atoms with Crippen molar-refractivity contribution < 1.29 is 14.7 Å². The Balaban J connectivity index is 2.44. The summed E-state index contributed by atoms with van der Waals surface area (Å²) in [4.78, 5) is 22.9. The fourth-order valence-electron chi connectivity index (χ4n) is 2.56. The van der Waals surface area contributed by atoms with Gasteiger partial charge < -0.3 is 15.7 Å². The molecular formula is C14H26N2O3. The van der Waals surface area contributed by atoms with Crippen molar-refractivity contribution in [3.63, 3.8) is 0 Å². The van der Waals surface area contributed by atoms with Crippen LogP contribution >= 0.6 is 0 Å². The first-order chi connectivity index (χ1) is 8.81. The van der Waals surface area contributed by atoms with Crippen molar-refractivity contribution in [2.75, 3.05) is 0 Å². The summed E-state index contributed by atoms with van der Waals surface area (Å²) in [5.41, 5.74) is 0. The molecule has 1 fully saturated rings. The normalized spacial score (nSPS) is 28.8. The van der Waals surface area contributed by atoms with E-state index in [0.717, 1.165) is 19.3 Å². The van der Waals surface area contributed by atoms with Crippen LogP contribution in [0.5, 0.6) is 0 Å². The Morgan fingerprint density at radius 1 is 1.16 bits per heavy atom. The highest BCUT2D eigenvalue weighted by atomic mass is 16.4. The third-order valence-corrected chi connectivity index (χ3v) is 4.15. The molecule has 0 heterocycles. The lowest BCUT2D eigenvalue weighted by Crippen LogP contribution is -2.52. The van der Waals surface area contributed by atoms with Crippen molar-refractivity contribution in [2.24, 2.45) is 17.8 Å². The van der Waals surface area contributed by atoms with Gasteiger partial charge in [-0.2, -0.15) is 0 Å². The zero-order valence-electron chi connectivity index (χ0n) is 12.3. The minimum absolute atomic E-state index is 0.131. The molecule has 3 N–H and O–H groups in total. The second kappa shape index (κ2) is 6.78. The highest BCUT2D eigenvalue weighted by Gasteiger charge is 2.28. The lowest BCUT2D eigenvalue weighted by atomic mass is 9.79.